The summed E-state index contributed by atoms with van der Waals surface area (Å²) in [4.78, 5) is 11.5. The van der Waals surface area contributed by atoms with Crippen molar-refractivity contribution in [3.8, 4) is 5.75 Å². The second kappa shape index (κ2) is 9.40. The fraction of sp³-hybridized carbons (Fsp3) is 0.588. The van der Waals surface area contributed by atoms with Crippen molar-refractivity contribution in [2.45, 2.75) is 52.4 Å². The first kappa shape index (κ1) is 16.5. The van der Waals surface area contributed by atoms with E-state index in [1.807, 2.05) is 19.1 Å². The molecule has 1 rings (SSSR count). The second-order valence-corrected chi connectivity index (χ2v) is 5.08. The Morgan fingerprint density at radius 1 is 1.10 bits per heavy atom. The third-order valence-electron chi connectivity index (χ3n) is 3.37. The smallest absolute Gasteiger partial charge is 0.338 e. The van der Waals surface area contributed by atoms with E-state index in [0.717, 1.165) is 24.3 Å². The van der Waals surface area contributed by atoms with Crippen molar-refractivity contribution in [3.05, 3.63) is 29.3 Å². The molecule has 0 fully saturated rings. The molecule has 0 N–H and O–H groups in total. The van der Waals surface area contributed by atoms with Crippen LogP contribution < -0.4 is 4.74 Å². The Bertz CT molecular complexity index is 413. The van der Waals surface area contributed by atoms with Crippen molar-refractivity contribution in [1.29, 1.82) is 0 Å². The molecule has 0 atom stereocenters. The van der Waals surface area contributed by atoms with Crippen LogP contribution in [0, 0.1) is 6.92 Å². The van der Waals surface area contributed by atoms with Crippen LogP contribution in [0.1, 0.15) is 61.4 Å². The fourth-order valence-electron chi connectivity index (χ4n) is 2.14. The number of rotatable bonds is 9. The lowest BCUT2D eigenvalue weighted by Crippen LogP contribution is -2.04. The predicted molar refractivity (Wildman–Crippen MR) is 81.4 cm³/mol. The van der Waals surface area contributed by atoms with Gasteiger partial charge in [0.05, 0.1) is 19.3 Å². The zero-order valence-electron chi connectivity index (χ0n) is 12.9. The maximum absolute atomic E-state index is 11.5. The van der Waals surface area contributed by atoms with Gasteiger partial charge in [-0.15, -0.1) is 0 Å². The topological polar surface area (TPSA) is 35.5 Å². The molecule has 0 aliphatic heterocycles. The Morgan fingerprint density at radius 3 is 2.45 bits per heavy atom. The van der Waals surface area contributed by atoms with Gasteiger partial charge in [0.1, 0.15) is 5.75 Å². The van der Waals surface area contributed by atoms with Gasteiger partial charge in [0.2, 0.25) is 0 Å². The molecule has 0 heterocycles. The summed E-state index contributed by atoms with van der Waals surface area (Å²) >= 11 is 0. The molecule has 0 amide bonds. The lowest BCUT2D eigenvalue weighted by Gasteiger charge is -2.09. The summed E-state index contributed by atoms with van der Waals surface area (Å²) < 4.78 is 10.4. The van der Waals surface area contributed by atoms with E-state index < -0.39 is 0 Å². The van der Waals surface area contributed by atoms with Crippen molar-refractivity contribution in [3.63, 3.8) is 0 Å². The molecule has 0 spiro atoms. The third kappa shape index (κ3) is 5.64. The van der Waals surface area contributed by atoms with Crippen LogP contribution in [0.4, 0.5) is 0 Å². The number of carbonyl (C=O) groups excluding carboxylic acids is 1. The number of unbranched alkanes of at least 4 members (excludes halogenated alkanes) is 5. The molecule has 1 aromatic rings. The van der Waals surface area contributed by atoms with Crippen LogP contribution in [0.3, 0.4) is 0 Å². The first-order chi connectivity index (χ1) is 9.69. The van der Waals surface area contributed by atoms with Gasteiger partial charge < -0.3 is 9.47 Å². The summed E-state index contributed by atoms with van der Waals surface area (Å²) in [5.74, 6) is 0.522. The number of hydrogen-bond donors (Lipinski definition) is 0. The standard InChI is InChI=1S/C17H26O3/c1-4-5-6-7-8-9-12-20-15-10-11-16(14(2)13-15)17(18)19-3/h10-11,13H,4-9,12H2,1-3H3. The summed E-state index contributed by atoms with van der Waals surface area (Å²) in [6.45, 7) is 4.86. The van der Waals surface area contributed by atoms with E-state index in [2.05, 4.69) is 6.92 Å². The highest BCUT2D eigenvalue weighted by atomic mass is 16.5. The van der Waals surface area contributed by atoms with E-state index in [-0.39, 0.29) is 5.97 Å². The van der Waals surface area contributed by atoms with Crippen LogP contribution in [0.2, 0.25) is 0 Å². The van der Waals surface area contributed by atoms with Gasteiger partial charge in [-0.3, -0.25) is 0 Å². The Labute approximate surface area is 122 Å². The first-order valence-corrected chi connectivity index (χ1v) is 7.50. The van der Waals surface area contributed by atoms with Crippen molar-refractivity contribution in [2.24, 2.45) is 0 Å². The molecule has 3 heteroatoms. The second-order valence-electron chi connectivity index (χ2n) is 5.08. The lowest BCUT2D eigenvalue weighted by molar-refractivity contribution is 0.0600. The summed E-state index contributed by atoms with van der Waals surface area (Å²) in [6, 6.07) is 5.48. The quantitative estimate of drug-likeness (QED) is 0.492. The largest absolute Gasteiger partial charge is 0.494 e. The van der Waals surface area contributed by atoms with E-state index in [4.69, 9.17) is 9.47 Å². The van der Waals surface area contributed by atoms with Crippen LogP contribution >= 0.6 is 0 Å². The molecule has 0 aromatic heterocycles. The molecular formula is C17H26O3. The van der Waals surface area contributed by atoms with Crippen molar-refractivity contribution in [1.82, 2.24) is 0 Å². The van der Waals surface area contributed by atoms with Crippen LogP contribution in [0.25, 0.3) is 0 Å². The highest BCUT2D eigenvalue weighted by Gasteiger charge is 2.09. The van der Waals surface area contributed by atoms with E-state index in [1.165, 1.54) is 39.2 Å². The summed E-state index contributed by atoms with van der Waals surface area (Å²) in [6.07, 6.45) is 7.53. The van der Waals surface area contributed by atoms with Gasteiger partial charge in [-0.1, -0.05) is 39.0 Å². The normalized spacial score (nSPS) is 10.3. The molecule has 0 radical (unpaired) electrons. The maximum Gasteiger partial charge on any atom is 0.338 e. The molecule has 0 saturated carbocycles. The molecule has 20 heavy (non-hydrogen) atoms. The number of methoxy groups -OCH3 is 1. The summed E-state index contributed by atoms with van der Waals surface area (Å²) in [5, 5.41) is 0. The predicted octanol–water partition coefficient (Wildman–Crippen LogP) is 4.52. The summed E-state index contributed by atoms with van der Waals surface area (Å²) in [5.41, 5.74) is 1.48. The minimum absolute atomic E-state index is 0.301. The molecule has 0 unspecified atom stereocenters. The molecule has 1 aromatic carbocycles. The van der Waals surface area contributed by atoms with Crippen LogP contribution in [-0.4, -0.2) is 19.7 Å². The van der Waals surface area contributed by atoms with E-state index in [1.54, 1.807) is 6.07 Å². The third-order valence-corrected chi connectivity index (χ3v) is 3.37. The molecular weight excluding hydrogens is 252 g/mol. The lowest BCUT2D eigenvalue weighted by atomic mass is 10.1. The minimum Gasteiger partial charge on any atom is -0.494 e. The van der Waals surface area contributed by atoms with Gasteiger partial charge in [0.15, 0.2) is 0 Å². The molecule has 0 aliphatic rings. The van der Waals surface area contributed by atoms with Gasteiger partial charge in [-0.2, -0.15) is 0 Å². The Kier molecular flexibility index (Phi) is 7.78. The number of aryl methyl sites for hydroxylation is 1. The van der Waals surface area contributed by atoms with Crippen molar-refractivity contribution in [2.75, 3.05) is 13.7 Å². The highest BCUT2D eigenvalue weighted by Crippen LogP contribution is 2.18. The van der Waals surface area contributed by atoms with Crippen LogP contribution in [0.15, 0.2) is 18.2 Å². The number of benzene rings is 1. The zero-order valence-corrected chi connectivity index (χ0v) is 12.9. The molecule has 3 nitrogen and oxygen atoms in total. The van der Waals surface area contributed by atoms with Gasteiger partial charge in [-0.05, 0) is 37.1 Å². The van der Waals surface area contributed by atoms with E-state index in [9.17, 15) is 4.79 Å². The van der Waals surface area contributed by atoms with Gasteiger partial charge >= 0.3 is 5.97 Å². The Hall–Kier alpha value is -1.51. The van der Waals surface area contributed by atoms with E-state index in [0.29, 0.717) is 5.56 Å². The number of carbonyl (C=O) groups is 1. The first-order valence-electron chi connectivity index (χ1n) is 7.50. The number of ether oxygens (including phenoxy) is 2. The average Bonchev–Trinajstić information content (AvgIpc) is 2.45. The average molecular weight is 278 g/mol. The maximum atomic E-state index is 11.5. The molecule has 112 valence electrons. The van der Waals surface area contributed by atoms with Crippen LogP contribution in [0.5, 0.6) is 5.75 Å². The van der Waals surface area contributed by atoms with Crippen LogP contribution in [-0.2, 0) is 4.74 Å². The zero-order chi connectivity index (χ0) is 14.8. The summed E-state index contributed by atoms with van der Waals surface area (Å²) in [7, 11) is 1.39. The Balaban J connectivity index is 2.31. The molecule has 0 bridgehead atoms. The van der Waals surface area contributed by atoms with Gasteiger partial charge in [0, 0.05) is 0 Å². The monoisotopic (exact) mass is 278 g/mol. The Morgan fingerprint density at radius 2 is 1.80 bits per heavy atom. The molecule has 0 saturated heterocycles. The highest BCUT2D eigenvalue weighted by molar-refractivity contribution is 5.91. The minimum atomic E-state index is -0.301. The van der Waals surface area contributed by atoms with Gasteiger partial charge in [-0.25, -0.2) is 4.79 Å². The van der Waals surface area contributed by atoms with E-state index >= 15 is 0 Å². The van der Waals surface area contributed by atoms with Gasteiger partial charge in [0.25, 0.3) is 0 Å². The number of esters is 1. The fourth-order valence-corrected chi connectivity index (χ4v) is 2.14. The SMILES string of the molecule is CCCCCCCCOc1ccc(C(=O)OC)c(C)c1. The molecule has 0 aliphatic carbocycles. The van der Waals surface area contributed by atoms with Crippen molar-refractivity contribution < 1.29 is 14.3 Å². The number of hydrogen-bond acceptors (Lipinski definition) is 3. The van der Waals surface area contributed by atoms with Crippen molar-refractivity contribution >= 4 is 5.97 Å².